The van der Waals surface area contributed by atoms with Crippen molar-refractivity contribution in [2.75, 3.05) is 5.73 Å². The largest absolute Gasteiger partial charge is 0.478 e. The van der Waals surface area contributed by atoms with Gasteiger partial charge in [0.1, 0.15) is 10.6 Å². The minimum Gasteiger partial charge on any atom is -0.478 e. The molecule has 1 heterocycles. The molecule has 0 aliphatic heterocycles. The molecule has 2 rings (SSSR count). The number of hydrogen-bond acceptors (Lipinski definition) is 3. The predicted molar refractivity (Wildman–Crippen MR) is 58.2 cm³/mol. The first-order chi connectivity index (χ1) is 6.61. The lowest BCUT2D eigenvalue weighted by Crippen LogP contribution is -1.98. The fourth-order valence-electron chi connectivity index (χ4n) is 1.32. The van der Waals surface area contributed by atoms with Crippen LogP contribution in [0.4, 0.5) is 5.00 Å². The van der Waals surface area contributed by atoms with Crippen LogP contribution in [0.5, 0.6) is 0 Å². The summed E-state index contributed by atoms with van der Waals surface area (Å²) >= 11 is 7.11. The summed E-state index contributed by atoms with van der Waals surface area (Å²) in [7, 11) is 0. The van der Waals surface area contributed by atoms with Gasteiger partial charge >= 0.3 is 5.97 Å². The molecule has 0 aliphatic carbocycles. The fourth-order valence-corrected chi connectivity index (χ4v) is 2.58. The molecule has 5 heteroatoms. The zero-order valence-electron chi connectivity index (χ0n) is 6.95. The number of fused-ring (bicyclic) bond motifs is 1. The van der Waals surface area contributed by atoms with Crippen molar-refractivity contribution in [3.8, 4) is 0 Å². The molecule has 0 radical (unpaired) electrons. The number of anilines is 1. The van der Waals surface area contributed by atoms with Crippen molar-refractivity contribution in [2.45, 2.75) is 0 Å². The first-order valence-corrected chi connectivity index (χ1v) is 5.00. The molecule has 2 aromatic rings. The van der Waals surface area contributed by atoms with E-state index >= 15 is 0 Å². The van der Waals surface area contributed by atoms with E-state index in [2.05, 4.69) is 0 Å². The van der Waals surface area contributed by atoms with Crippen molar-refractivity contribution < 1.29 is 9.90 Å². The molecule has 3 N–H and O–H groups in total. The van der Waals surface area contributed by atoms with E-state index in [-0.39, 0.29) is 5.56 Å². The quantitative estimate of drug-likeness (QED) is 0.788. The third-order valence-electron chi connectivity index (χ3n) is 1.91. The Bertz CT molecular complexity index is 521. The SMILES string of the molecule is Nc1sc2c(Cl)cccc2c1C(=O)O. The molecule has 0 atom stereocenters. The lowest BCUT2D eigenvalue weighted by atomic mass is 10.2. The maximum Gasteiger partial charge on any atom is 0.339 e. The molecule has 1 aromatic heterocycles. The van der Waals surface area contributed by atoms with Crippen molar-refractivity contribution in [3.63, 3.8) is 0 Å². The first-order valence-electron chi connectivity index (χ1n) is 3.81. The van der Waals surface area contributed by atoms with Crippen LogP contribution < -0.4 is 5.73 Å². The minimum absolute atomic E-state index is 0.146. The Morgan fingerprint density at radius 1 is 1.50 bits per heavy atom. The Balaban J connectivity index is 2.90. The first kappa shape index (κ1) is 9.30. The monoisotopic (exact) mass is 227 g/mol. The number of carboxylic acids is 1. The third-order valence-corrected chi connectivity index (χ3v) is 3.40. The topological polar surface area (TPSA) is 63.3 Å². The van der Waals surface area contributed by atoms with Gasteiger partial charge < -0.3 is 10.8 Å². The summed E-state index contributed by atoms with van der Waals surface area (Å²) < 4.78 is 0.726. The molecule has 0 saturated carbocycles. The summed E-state index contributed by atoms with van der Waals surface area (Å²) in [5, 5.41) is 10.4. The highest BCUT2D eigenvalue weighted by molar-refractivity contribution is 7.23. The number of aromatic carboxylic acids is 1. The highest BCUT2D eigenvalue weighted by atomic mass is 35.5. The van der Waals surface area contributed by atoms with Gasteiger partial charge in [0.15, 0.2) is 0 Å². The smallest absolute Gasteiger partial charge is 0.339 e. The molecular weight excluding hydrogens is 222 g/mol. The standard InChI is InChI=1S/C9H6ClNO2S/c10-5-3-1-2-4-6(9(12)13)8(11)14-7(4)5/h1-3H,11H2,(H,12,13). The van der Waals surface area contributed by atoms with E-state index in [9.17, 15) is 4.79 Å². The van der Waals surface area contributed by atoms with Gasteiger partial charge in [-0.2, -0.15) is 0 Å². The minimum atomic E-state index is -1.02. The number of carbonyl (C=O) groups is 1. The van der Waals surface area contributed by atoms with Gasteiger partial charge in [-0.3, -0.25) is 0 Å². The van der Waals surface area contributed by atoms with Crippen LogP contribution in [-0.2, 0) is 0 Å². The van der Waals surface area contributed by atoms with Gasteiger partial charge in [0.2, 0.25) is 0 Å². The van der Waals surface area contributed by atoms with Crippen LogP contribution in [0.15, 0.2) is 18.2 Å². The lowest BCUT2D eigenvalue weighted by Gasteiger charge is -1.93. The number of benzene rings is 1. The van der Waals surface area contributed by atoms with Crippen molar-refractivity contribution in [3.05, 3.63) is 28.8 Å². The molecule has 72 valence electrons. The van der Waals surface area contributed by atoms with Crippen molar-refractivity contribution in [1.29, 1.82) is 0 Å². The average Bonchev–Trinajstić information content (AvgIpc) is 2.42. The van der Waals surface area contributed by atoms with Crippen LogP contribution in [0.3, 0.4) is 0 Å². The molecule has 0 aliphatic rings. The zero-order valence-corrected chi connectivity index (χ0v) is 8.52. The Morgan fingerprint density at radius 3 is 2.86 bits per heavy atom. The van der Waals surface area contributed by atoms with Crippen LogP contribution in [0.2, 0.25) is 5.02 Å². The van der Waals surface area contributed by atoms with Crippen LogP contribution in [0.1, 0.15) is 10.4 Å². The number of halogens is 1. The molecule has 0 saturated heterocycles. The molecule has 14 heavy (non-hydrogen) atoms. The molecule has 1 aromatic carbocycles. The van der Waals surface area contributed by atoms with Crippen molar-refractivity contribution in [2.24, 2.45) is 0 Å². The van der Waals surface area contributed by atoms with E-state index in [0.29, 0.717) is 15.4 Å². The second kappa shape index (κ2) is 3.15. The Hall–Kier alpha value is -1.26. The number of carboxylic acid groups (broad SMARTS) is 1. The Morgan fingerprint density at radius 2 is 2.21 bits per heavy atom. The van der Waals surface area contributed by atoms with Gasteiger partial charge in [-0.1, -0.05) is 23.7 Å². The van der Waals surface area contributed by atoms with Crippen LogP contribution in [0.25, 0.3) is 10.1 Å². The van der Waals surface area contributed by atoms with Crippen LogP contribution in [-0.4, -0.2) is 11.1 Å². The molecule has 0 fully saturated rings. The molecule has 3 nitrogen and oxygen atoms in total. The molecule has 0 spiro atoms. The summed E-state index contributed by atoms with van der Waals surface area (Å²) in [4.78, 5) is 10.9. The number of hydrogen-bond donors (Lipinski definition) is 2. The Labute approximate surface area is 88.7 Å². The van der Waals surface area contributed by atoms with Crippen molar-refractivity contribution >= 4 is 44.0 Å². The number of nitrogen functional groups attached to an aromatic ring is 1. The van der Waals surface area contributed by atoms with Gasteiger partial charge in [-0.05, 0) is 6.07 Å². The third kappa shape index (κ3) is 1.23. The molecule has 0 amide bonds. The van der Waals surface area contributed by atoms with Gasteiger partial charge in [-0.25, -0.2) is 4.79 Å². The summed E-state index contributed by atoms with van der Waals surface area (Å²) in [5.41, 5.74) is 5.75. The van der Waals surface area contributed by atoms with Crippen molar-refractivity contribution in [1.82, 2.24) is 0 Å². The summed E-state index contributed by atoms with van der Waals surface area (Å²) in [5.74, 6) is -1.02. The number of rotatable bonds is 1. The highest BCUT2D eigenvalue weighted by Crippen LogP contribution is 2.37. The highest BCUT2D eigenvalue weighted by Gasteiger charge is 2.17. The molecular formula is C9H6ClNO2S. The van der Waals surface area contributed by atoms with E-state index in [1.165, 1.54) is 11.3 Å². The van der Waals surface area contributed by atoms with E-state index in [1.807, 2.05) is 0 Å². The van der Waals surface area contributed by atoms with Crippen LogP contribution in [0, 0.1) is 0 Å². The normalized spacial score (nSPS) is 10.6. The number of nitrogens with two attached hydrogens (primary N) is 1. The predicted octanol–water partition coefficient (Wildman–Crippen LogP) is 2.84. The van der Waals surface area contributed by atoms with E-state index in [1.54, 1.807) is 18.2 Å². The maximum absolute atomic E-state index is 10.9. The lowest BCUT2D eigenvalue weighted by molar-refractivity contribution is 0.0700. The Kier molecular flexibility index (Phi) is 2.09. The van der Waals surface area contributed by atoms with E-state index < -0.39 is 5.97 Å². The average molecular weight is 228 g/mol. The zero-order chi connectivity index (χ0) is 10.3. The van der Waals surface area contributed by atoms with Gasteiger partial charge in [0.05, 0.1) is 9.72 Å². The summed E-state index contributed by atoms with van der Waals surface area (Å²) in [6, 6.07) is 5.13. The fraction of sp³-hybridized carbons (Fsp3) is 0. The van der Waals surface area contributed by atoms with Crippen LogP contribution >= 0.6 is 22.9 Å². The molecule has 0 unspecified atom stereocenters. The molecule has 0 bridgehead atoms. The second-order valence-electron chi connectivity index (χ2n) is 2.76. The van der Waals surface area contributed by atoms with Gasteiger partial charge in [0, 0.05) is 5.39 Å². The number of thiophene rings is 1. The van der Waals surface area contributed by atoms with E-state index in [4.69, 9.17) is 22.4 Å². The summed E-state index contributed by atoms with van der Waals surface area (Å²) in [6.07, 6.45) is 0. The van der Waals surface area contributed by atoms with Gasteiger partial charge in [0.25, 0.3) is 0 Å². The van der Waals surface area contributed by atoms with Gasteiger partial charge in [-0.15, -0.1) is 11.3 Å². The second-order valence-corrected chi connectivity index (χ2v) is 4.22. The maximum atomic E-state index is 10.9. The van der Waals surface area contributed by atoms with E-state index in [0.717, 1.165) is 4.70 Å². The summed E-state index contributed by atoms with van der Waals surface area (Å²) in [6.45, 7) is 0.